The fourth-order valence-corrected chi connectivity index (χ4v) is 1.31. The Balaban J connectivity index is 1.87. The Kier molecular flexibility index (Phi) is 1.94. The van der Waals surface area contributed by atoms with Gasteiger partial charge in [0.15, 0.2) is 5.60 Å². The second-order valence-electron chi connectivity index (χ2n) is 4.16. The summed E-state index contributed by atoms with van der Waals surface area (Å²) in [6.07, 6.45) is 0. The molecular weight excluding hydrogens is 184 g/mol. The van der Waals surface area contributed by atoms with Crippen molar-refractivity contribution < 1.29 is 19.0 Å². The minimum atomic E-state index is -0.391. The van der Waals surface area contributed by atoms with Crippen molar-refractivity contribution in [3.05, 3.63) is 12.2 Å². The highest BCUT2D eigenvalue weighted by molar-refractivity contribution is 5.86. The Bertz CT molecular complexity index is 286. The summed E-state index contributed by atoms with van der Waals surface area (Å²) in [6, 6.07) is 0. The van der Waals surface area contributed by atoms with Crippen LogP contribution in [0.25, 0.3) is 0 Å². The average molecular weight is 198 g/mol. The first-order chi connectivity index (χ1) is 6.49. The molecule has 0 saturated carbocycles. The molecule has 2 fully saturated rings. The van der Waals surface area contributed by atoms with Crippen LogP contribution in [0.3, 0.4) is 0 Å². The molecule has 4 heteroatoms. The number of carbonyl (C=O) groups excluding carboxylic acids is 1. The quantitative estimate of drug-likeness (QED) is 0.378. The van der Waals surface area contributed by atoms with Gasteiger partial charge in [0.1, 0.15) is 12.2 Å². The Morgan fingerprint density at radius 2 is 2.07 bits per heavy atom. The molecule has 0 N–H and O–H groups in total. The smallest absolute Gasteiger partial charge is 0.333 e. The molecule has 0 amide bonds. The van der Waals surface area contributed by atoms with E-state index >= 15 is 0 Å². The maximum Gasteiger partial charge on any atom is 0.333 e. The van der Waals surface area contributed by atoms with Crippen molar-refractivity contribution in [1.29, 1.82) is 0 Å². The molecule has 2 heterocycles. The number of rotatable bonds is 4. The van der Waals surface area contributed by atoms with E-state index < -0.39 is 5.60 Å². The molecule has 0 aromatic rings. The Labute approximate surface area is 82.8 Å². The second kappa shape index (κ2) is 2.81. The highest BCUT2D eigenvalue weighted by atomic mass is 16.7. The van der Waals surface area contributed by atoms with Gasteiger partial charge in [-0.15, -0.1) is 0 Å². The third-order valence-electron chi connectivity index (χ3n) is 2.82. The van der Waals surface area contributed by atoms with Crippen LogP contribution in [-0.2, 0) is 19.0 Å². The van der Waals surface area contributed by atoms with Crippen LogP contribution in [-0.4, -0.2) is 37.0 Å². The lowest BCUT2D eigenvalue weighted by Crippen LogP contribution is -2.36. The van der Waals surface area contributed by atoms with E-state index in [1.165, 1.54) is 0 Å². The molecule has 14 heavy (non-hydrogen) atoms. The Hall–Kier alpha value is -0.870. The fourth-order valence-electron chi connectivity index (χ4n) is 1.31. The third-order valence-corrected chi connectivity index (χ3v) is 2.82. The van der Waals surface area contributed by atoms with Gasteiger partial charge < -0.3 is 14.2 Å². The van der Waals surface area contributed by atoms with Gasteiger partial charge in [0.25, 0.3) is 0 Å². The van der Waals surface area contributed by atoms with Crippen LogP contribution in [0.4, 0.5) is 0 Å². The summed E-state index contributed by atoms with van der Waals surface area (Å²) in [6.45, 7) is 8.64. The van der Waals surface area contributed by atoms with Crippen molar-refractivity contribution in [2.24, 2.45) is 0 Å². The largest absolute Gasteiger partial charge is 0.459 e. The number of hydrogen-bond acceptors (Lipinski definition) is 4. The molecule has 2 atom stereocenters. The SMILES string of the molecule is C=C(C)C(=O)OCC1(C2(C)CO2)CO1. The van der Waals surface area contributed by atoms with Crippen LogP contribution in [0.5, 0.6) is 0 Å². The van der Waals surface area contributed by atoms with E-state index in [4.69, 9.17) is 14.2 Å². The van der Waals surface area contributed by atoms with Crippen LogP contribution in [0.1, 0.15) is 13.8 Å². The van der Waals surface area contributed by atoms with Gasteiger partial charge in [0.05, 0.1) is 13.2 Å². The summed E-state index contributed by atoms with van der Waals surface area (Å²) in [5.74, 6) is -0.371. The maximum absolute atomic E-state index is 11.1. The highest BCUT2D eigenvalue weighted by Gasteiger charge is 2.68. The molecule has 0 aromatic heterocycles. The molecule has 0 aromatic carbocycles. The summed E-state index contributed by atoms with van der Waals surface area (Å²) in [5, 5.41) is 0. The minimum absolute atomic E-state index is 0.248. The van der Waals surface area contributed by atoms with Gasteiger partial charge in [-0.3, -0.25) is 0 Å². The first-order valence-corrected chi connectivity index (χ1v) is 4.60. The molecule has 2 unspecified atom stereocenters. The second-order valence-corrected chi connectivity index (χ2v) is 4.16. The first kappa shape index (κ1) is 9.68. The molecule has 4 nitrogen and oxygen atoms in total. The Morgan fingerprint density at radius 1 is 1.50 bits per heavy atom. The molecule has 0 radical (unpaired) electrons. The predicted octanol–water partition coefficient (Wildman–Crippen LogP) is 0.664. The maximum atomic E-state index is 11.1. The number of carbonyl (C=O) groups is 1. The van der Waals surface area contributed by atoms with Gasteiger partial charge in [0, 0.05) is 5.57 Å². The van der Waals surface area contributed by atoms with Gasteiger partial charge >= 0.3 is 5.97 Å². The summed E-state index contributed by atoms with van der Waals surface area (Å²) < 4.78 is 15.7. The summed E-state index contributed by atoms with van der Waals surface area (Å²) in [7, 11) is 0. The van der Waals surface area contributed by atoms with Crippen molar-refractivity contribution in [1.82, 2.24) is 0 Å². The standard InChI is InChI=1S/C10H14O4/c1-7(2)8(11)12-5-10(6-14-10)9(3)4-13-9/h1,4-6H2,2-3H3. The fraction of sp³-hybridized carbons (Fsp3) is 0.700. The van der Waals surface area contributed by atoms with Gasteiger partial charge in [-0.25, -0.2) is 4.79 Å². The van der Waals surface area contributed by atoms with Crippen LogP contribution in [0.15, 0.2) is 12.2 Å². The van der Waals surface area contributed by atoms with Gasteiger partial charge in [-0.05, 0) is 13.8 Å². The molecule has 0 bridgehead atoms. The molecule has 2 rings (SSSR count). The van der Waals surface area contributed by atoms with Crippen molar-refractivity contribution in [3.63, 3.8) is 0 Å². The number of ether oxygens (including phenoxy) is 3. The molecule has 2 aliphatic heterocycles. The zero-order valence-corrected chi connectivity index (χ0v) is 8.46. The van der Waals surface area contributed by atoms with Gasteiger partial charge in [-0.2, -0.15) is 0 Å². The third kappa shape index (κ3) is 1.44. The molecule has 0 aliphatic carbocycles. The minimum Gasteiger partial charge on any atom is -0.459 e. The van der Waals surface area contributed by atoms with Crippen LogP contribution < -0.4 is 0 Å². The number of esters is 1. The van der Waals surface area contributed by atoms with Gasteiger partial charge in [-0.1, -0.05) is 6.58 Å². The normalized spacial score (nSPS) is 39.0. The van der Waals surface area contributed by atoms with E-state index in [0.717, 1.165) is 0 Å². The van der Waals surface area contributed by atoms with E-state index in [-0.39, 0.29) is 18.2 Å². The van der Waals surface area contributed by atoms with E-state index in [1.54, 1.807) is 6.92 Å². The van der Waals surface area contributed by atoms with Crippen molar-refractivity contribution in [3.8, 4) is 0 Å². The molecule has 2 aliphatic rings. The van der Waals surface area contributed by atoms with Gasteiger partial charge in [0.2, 0.25) is 0 Å². The lowest BCUT2D eigenvalue weighted by atomic mass is 9.96. The molecule has 0 spiro atoms. The molecule has 2 saturated heterocycles. The summed E-state index contributed by atoms with van der Waals surface area (Å²) in [4.78, 5) is 11.1. The van der Waals surface area contributed by atoms with E-state index in [0.29, 0.717) is 18.8 Å². The topological polar surface area (TPSA) is 51.4 Å². The molecule has 78 valence electrons. The van der Waals surface area contributed by atoms with E-state index in [9.17, 15) is 4.79 Å². The van der Waals surface area contributed by atoms with Crippen molar-refractivity contribution >= 4 is 5.97 Å². The summed E-state index contributed by atoms with van der Waals surface area (Å²) >= 11 is 0. The predicted molar refractivity (Wildman–Crippen MR) is 48.8 cm³/mol. The number of epoxide rings is 2. The van der Waals surface area contributed by atoms with Crippen LogP contribution >= 0.6 is 0 Å². The average Bonchev–Trinajstić information content (AvgIpc) is 2.97. The zero-order valence-electron chi connectivity index (χ0n) is 8.46. The van der Waals surface area contributed by atoms with Crippen LogP contribution in [0.2, 0.25) is 0 Å². The van der Waals surface area contributed by atoms with E-state index in [2.05, 4.69) is 6.58 Å². The highest BCUT2D eigenvalue weighted by Crippen LogP contribution is 2.48. The first-order valence-electron chi connectivity index (χ1n) is 4.60. The lowest BCUT2D eigenvalue weighted by Gasteiger charge is -2.15. The number of hydrogen-bond donors (Lipinski definition) is 0. The summed E-state index contributed by atoms with van der Waals surface area (Å²) in [5.41, 5.74) is -0.233. The van der Waals surface area contributed by atoms with E-state index in [1.807, 2.05) is 6.92 Å². The van der Waals surface area contributed by atoms with Crippen molar-refractivity contribution in [2.45, 2.75) is 25.0 Å². The lowest BCUT2D eigenvalue weighted by molar-refractivity contribution is -0.141. The molecular formula is C10H14O4. The van der Waals surface area contributed by atoms with Crippen LogP contribution in [0, 0.1) is 0 Å². The monoisotopic (exact) mass is 198 g/mol. The van der Waals surface area contributed by atoms with Crippen molar-refractivity contribution in [2.75, 3.05) is 19.8 Å². The zero-order chi connectivity index (χ0) is 10.4. The Morgan fingerprint density at radius 3 is 2.43 bits per heavy atom.